The van der Waals surface area contributed by atoms with Gasteiger partial charge in [-0.15, -0.1) is 0 Å². The highest BCUT2D eigenvalue weighted by Gasteiger charge is 2.43. The van der Waals surface area contributed by atoms with Gasteiger partial charge in [-0.3, -0.25) is 9.59 Å². The Morgan fingerprint density at radius 2 is 1.61 bits per heavy atom. The van der Waals surface area contributed by atoms with Crippen LogP contribution in [0.25, 0.3) is 11.0 Å². The lowest BCUT2D eigenvalue weighted by atomic mass is 9.96. The Kier molecular flexibility index (Phi) is 8.11. The predicted octanol–water partition coefficient (Wildman–Crippen LogP) is 7.18. The monoisotopic (exact) mass is 589 g/mol. The highest BCUT2D eigenvalue weighted by molar-refractivity contribution is 5.99. The zero-order chi connectivity index (χ0) is 30.8. The van der Waals surface area contributed by atoms with Gasteiger partial charge in [0, 0.05) is 6.54 Å². The van der Waals surface area contributed by atoms with Crippen LogP contribution in [0.1, 0.15) is 56.9 Å². The van der Waals surface area contributed by atoms with Crippen LogP contribution in [0.5, 0.6) is 17.2 Å². The molecule has 0 bridgehead atoms. The Hall–Kier alpha value is -5.04. The minimum atomic E-state index is -0.653. The van der Waals surface area contributed by atoms with Crippen LogP contribution in [0.2, 0.25) is 0 Å². The highest BCUT2D eigenvalue weighted by Crippen LogP contribution is 2.41. The summed E-state index contributed by atoms with van der Waals surface area (Å²) in [6.07, 6.45) is 0.586. The molecule has 0 saturated heterocycles. The molecule has 7 nitrogen and oxygen atoms in total. The van der Waals surface area contributed by atoms with Gasteiger partial charge in [0.25, 0.3) is 5.91 Å². The van der Waals surface area contributed by atoms with E-state index in [0.717, 1.165) is 33.6 Å². The fourth-order valence-corrected chi connectivity index (χ4v) is 5.91. The van der Waals surface area contributed by atoms with Crippen molar-refractivity contribution in [1.29, 1.82) is 0 Å². The summed E-state index contributed by atoms with van der Waals surface area (Å²) in [5, 5.41) is 0.476. The van der Waals surface area contributed by atoms with Crippen molar-refractivity contribution in [3.05, 3.63) is 134 Å². The maximum Gasteiger partial charge on any atom is 0.290 e. The van der Waals surface area contributed by atoms with E-state index in [0.29, 0.717) is 54.2 Å². The van der Waals surface area contributed by atoms with E-state index in [1.165, 1.54) is 0 Å². The molecule has 224 valence electrons. The molecule has 4 aromatic carbocycles. The number of hydrogen-bond donors (Lipinski definition) is 0. The first-order valence-electron chi connectivity index (χ1n) is 14.8. The Morgan fingerprint density at radius 1 is 0.841 bits per heavy atom. The van der Waals surface area contributed by atoms with Gasteiger partial charge in [-0.25, -0.2) is 0 Å². The number of carbonyl (C=O) groups is 1. The van der Waals surface area contributed by atoms with Crippen molar-refractivity contribution in [2.45, 2.75) is 39.8 Å². The van der Waals surface area contributed by atoms with Crippen LogP contribution in [-0.4, -0.2) is 31.1 Å². The van der Waals surface area contributed by atoms with E-state index in [9.17, 15) is 9.59 Å². The van der Waals surface area contributed by atoms with Crippen LogP contribution in [0.15, 0.2) is 94.1 Å². The Bertz CT molecular complexity index is 1880. The van der Waals surface area contributed by atoms with Gasteiger partial charge in [0.15, 0.2) is 16.9 Å². The molecule has 2 heterocycles. The van der Waals surface area contributed by atoms with Crippen molar-refractivity contribution in [2.75, 3.05) is 20.3 Å². The summed E-state index contributed by atoms with van der Waals surface area (Å²) in [6, 6.07) is 26.5. The number of aryl methyl sites for hydroxylation is 2. The minimum absolute atomic E-state index is 0.0940. The Balaban J connectivity index is 1.43. The summed E-state index contributed by atoms with van der Waals surface area (Å²) in [5.41, 5.74) is 5.21. The van der Waals surface area contributed by atoms with Gasteiger partial charge in [0.1, 0.15) is 17.9 Å². The Labute approximate surface area is 256 Å². The van der Waals surface area contributed by atoms with E-state index in [2.05, 4.69) is 0 Å². The zero-order valence-corrected chi connectivity index (χ0v) is 25.4. The fraction of sp³-hybridized carbons (Fsp3) is 0.243. The number of methoxy groups -OCH3 is 1. The molecule has 5 aromatic rings. The largest absolute Gasteiger partial charge is 0.497 e. The summed E-state index contributed by atoms with van der Waals surface area (Å²) in [6.45, 7) is 6.95. The smallest absolute Gasteiger partial charge is 0.290 e. The van der Waals surface area contributed by atoms with Crippen molar-refractivity contribution in [3.8, 4) is 17.2 Å². The lowest BCUT2D eigenvalue weighted by Gasteiger charge is -2.26. The van der Waals surface area contributed by atoms with E-state index < -0.39 is 6.04 Å². The number of rotatable bonds is 10. The zero-order valence-electron chi connectivity index (χ0n) is 25.4. The standard InChI is InChI=1S/C37H35NO6/c1-5-42-31-21-27(13-16-30(31)43-22-26-9-7-6-8-10-26)33-32-34(39)29-20-23(2)19-24(3)35(29)44-36(32)37(40)38(33)18-17-25-11-14-28(41-4)15-12-25/h6-16,19-21,33H,5,17-18,22H2,1-4H3. The van der Waals surface area contributed by atoms with Crippen LogP contribution in [-0.2, 0) is 13.0 Å². The van der Waals surface area contributed by atoms with Gasteiger partial charge in [-0.2, -0.15) is 0 Å². The minimum Gasteiger partial charge on any atom is -0.497 e. The average Bonchev–Trinajstić information content (AvgIpc) is 3.32. The third-order valence-electron chi connectivity index (χ3n) is 8.02. The topological polar surface area (TPSA) is 78.2 Å². The lowest BCUT2D eigenvalue weighted by Crippen LogP contribution is -2.31. The third kappa shape index (κ3) is 5.53. The molecule has 0 fully saturated rings. The van der Waals surface area contributed by atoms with E-state index in [4.69, 9.17) is 18.6 Å². The van der Waals surface area contributed by atoms with E-state index in [-0.39, 0.29) is 17.1 Å². The molecular weight excluding hydrogens is 554 g/mol. The summed E-state index contributed by atoms with van der Waals surface area (Å²) >= 11 is 0. The molecule has 1 amide bonds. The van der Waals surface area contributed by atoms with Crippen LogP contribution in [0.4, 0.5) is 0 Å². The second-order valence-corrected chi connectivity index (χ2v) is 11.0. The van der Waals surface area contributed by atoms with Crippen molar-refractivity contribution in [3.63, 3.8) is 0 Å². The number of hydrogen-bond acceptors (Lipinski definition) is 6. The number of fused-ring (bicyclic) bond motifs is 2. The molecule has 0 saturated carbocycles. The molecule has 1 aliphatic heterocycles. The predicted molar refractivity (Wildman–Crippen MR) is 170 cm³/mol. The molecule has 44 heavy (non-hydrogen) atoms. The molecule has 6 rings (SSSR count). The van der Waals surface area contributed by atoms with Crippen molar-refractivity contribution in [2.24, 2.45) is 0 Å². The molecule has 7 heteroatoms. The van der Waals surface area contributed by atoms with Crippen LogP contribution in [0.3, 0.4) is 0 Å². The van der Waals surface area contributed by atoms with Crippen molar-refractivity contribution >= 4 is 16.9 Å². The molecule has 0 radical (unpaired) electrons. The molecule has 1 aliphatic rings. The number of ether oxygens (including phenoxy) is 3. The number of benzene rings is 4. The highest BCUT2D eigenvalue weighted by atomic mass is 16.5. The van der Waals surface area contributed by atoms with Gasteiger partial charge in [0.05, 0.1) is 30.7 Å². The summed E-state index contributed by atoms with van der Waals surface area (Å²) in [5.74, 6) is 1.69. The first-order chi connectivity index (χ1) is 21.4. The van der Waals surface area contributed by atoms with Crippen molar-refractivity contribution in [1.82, 2.24) is 4.90 Å². The molecular formula is C37H35NO6. The number of carbonyl (C=O) groups excluding carboxylic acids is 1. The normalized spacial score (nSPS) is 14.1. The summed E-state index contributed by atoms with van der Waals surface area (Å²) in [7, 11) is 1.63. The second-order valence-electron chi connectivity index (χ2n) is 11.0. The molecule has 1 unspecified atom stereocenters. The Morgan fingerprint density at radius 3 is 2.34 bits per heavy atom. The number of amides is 1. The first kappa shape index (κ1) is 29.1. The quantitative estimate of drug-likeness (QED) is 0.172. The maximum atomic E-state index is 14.2. The fourth-order valence-electron chi connectivity index (χ4n) is 5.91. The molecule has 1 atom stereocenters. The maximum absolute atomic E-state index is 14.2. The van der Waals surface area contributed by atoms with Gasteiger partial charge in [0.2, 0.25) is 5.76 Å². The molecule has 0 aliphatic carbocycles. The summed E-state index contributed by atoms with van der Waals surface area (Å²) < 4.78 is 23.7. The molecule has 0 spiro atoms. The van der Waals surface area contributed by atoms with Crippen LogP contribution >= 0.6 is 0 Å². The second kappa shape index (κ2) is 12.3. The average molecular weight is 590 g/mol. The van der Waals surface area contributed by atoms with Crippen LogP contribution < -0.4 is 19.6 Å². The third-order valence-corrected chi connectivity index (χ3v) is 8.02. The van der Waals surface area contributed by atoms with Crippen LogP contribution in [0, 0.1) is 13.8 Å². The van der Waals surface area contributed by atoms with E-state index in [1.54, 1.807) is 12.0 Å². The van der Waals surface area contributed by atoms with Crippen molar-refractivity contribution < 1.29 is 23.4 Å². The molecule has 1 aromatic heterocycles. The number of nitrogens with zero attached hydrogens (tertiary/aromatic N) is 1. The van der Waals surface area contributed by atoms with Gasteiger partial charge >= 0.3 is 0 Å². The van der Waals surface area contributed by atoms with E-state index >= 15 is 0 Å². The molecule has 0 N–H and O–H groups in total. The van der Waals surface area contributed by atoms with Gasteiger partial charge in [-0.1, -0.05) is 54.6 Å². The van der Waals surface area contributed by atoms with Gasteiger partial charge in [-0.05, 0) is 85.3 Å². The summed E-state index contributed by atoms with van der Waals surface area (Å²) in [4.78, 5) is 29.9. The SMILES string of the molecule is CCOc1cc(C2c3c(oc4c(C)cc(C)cc4c3=O)C(=O)N2CCc2ccc(OC)cc2)ccc1OCc1ccccc1. The lowest BCUT2D eigenvalue weighted by molar-refractivity contribution is 0.0729. The first-order valence-corrected chi connectivity index (χ1v) is 14.8. The van der Waals surface area contributed by atoms with Gasteiger partial charge < -0.3 is 23.5 Å². The van der Waals surface area contributed by atoms with E-state index in [1.807, 2.05) is 106 Å².